The van der Waals surface area contributed by atoms with Gasteiger partial charge in [-0.1, -0.05) is 31.2 Å². The predicted molar refractivity (Wildman–Crippen MR) is 140 cm³/mol. The van der Waals surface area contributed by atoms with Gasteiger partial charge < -0.3 is 30.7 Å². The van der Waals surface area contributed by atoms with Crippen molar-refractivity contribution in [3.8, 4) is 11.5 Å². The third kappa shape index (κ3) is 4.29. The van der Waals surface area contributed by atoms with Crippen molar-refractivity contribution in [2.75, 3.05) is 44.5 Å². The molecule has 2 aliphatic rings. The van der Waals surface area contributed by atoms with Crippen molar-refractivity contribution in [2.45, 2.75) is 38.3 Å². The lowest BCUT2D eigenvalue weighted by atomic mass is 9.79. The van der Waals surface area contributed by atoms with Crippen molar-refractivity contribution in [3.05, 3.63) is 47.3 Å². The zero-order valence-corrected chi connectivity index (χ0v) is 21.4. The Hall–Kier alpha value is -3.66. The topological polar surface area (TPSA) is 120 Å². The molecule has 1 saturated heterocycles. The number of piperazine rings is 1. The average Bonchev–Trinajstić information content (AvgIpc) is 2.92. The Labute approximate surface area is 215 Å². The number of carbonyl (C=O) groups excluding carboxylic acids is 1. The highest BCUT2D eigenvalue weighted by Crippen LogP contribution is 2.38. The van der Waals surface area contributed by atoms with Crippen molar-refractivity contribution < 1.29 is 18.7 Å². The third-order valence-corrected chi connectivity index (χ3v) is 7.71. The van der Waals surface area contributed by atoms with E-state index in [1.54, 1.807) is 6.07 Å². The first-order chi connectivity index (χ1) is 17.9. The Morgan fingerprint density at radius 3 is 2.70 bits per heavy atom. The van der Waals surface area contributed by atoms with Crippen molar-refractivity contribution in [1.82, 2.24) is 14.9 Å². The van der Waals surface area contributed by atoms with Crippen LogP contribution in [0.2, 0.25) is 0 Å². The van der Waals surface area contributed by atoms with E-state index in [0.29, 0.717) is 31.0 Å². The molecule has 1 aliphatic carbocycles. The van der Waals surface area contributed by atoms with Gasteiger partial charge in [-0.05, 0) is 36.5 Å². The van der Waals surface area contributed by atoms with Crippen molar-refractivity contribution in [2.24, 2.45) is 11.7 Å². The first kappa shape index (κ1) is 25.0. The van der Waals surface area contributed by atoms with Crippen LogP contribution in [0.4, 0.5) is 16.2 Å². The predicted octanol–water partition coefficient (Wildman–Crippen LogP) is 3.06. The number of rotatable bonds is 5. The molecule has 9 nitrogen and oxygen atoms in total. The Balaban J connectivity index is 1.39. The van der Waals surface area contributed by atoms with E-state index >= 15 is 4.39 Å². The number of amides is 1. The molecule has 1 aliphatic heterocycles. The van der Waals surface area contributed by atoms with Gasteiger partial charge in [0, 0.05) is 37.1 Å². The average molecular weight is 509 g/mol. The Kier molecular flexibility index (Phi) is 6.76. The van der Waals surface area contributed by atoms with Gasteiger partial charge in [-0.3, -0.25) is 4.79 Å². The maximum absolute atomic E-state index is 15.3. The Bertz CT molecular complexity index is 1340. The van der Waals surface area contributed by atoms with Gasteiger partial charge in [-0.25, -0.2) is 9.37 Å². The minimum atomic E-state index is -0.652. The molecule has 10 heteroatoms. The summed E-state index contributed by atoms with van der Waals surface area (Å²) >= 11 is 0. The quantitative estimate of drug-likeness (QED) is 0.540. The molecule has 2 heterocycles. The highest BCUT2D eigenvalue weighted by molar-refractivity contribution is 5.92. The van der Waals surface area contributed by atoms with Crippen LogP contribution in [0.5, 0.6) is 11.5 Å². The summed E-state index contributed by atoms with van der Waals surface area (Å²) in [6.07, 6.45) is 2.34. The number of halogens is 1. The second kappa shape index (κ2) is 10.0. The lowest BCUT2D eigenvalue weighted by Crippen LogP contribution is -2.57. The summed E-state index contributed by atoms with van der Waals surface area (Å²) in [6.45, 7) is 3.56. The van der Waals surface area contributed by atoms with Crippen LogP contribution < -0.4 is 25.8 Å². The zero-order chi connectivity index (χ0) is 26.3. The number of methoxy groups -OCH3 is 2. The molecule has 1 fully saturated rings. The molecule has 3 atom stereocenters. The number of nitrogens with two attached hydrogens (primary N) is 2. The van der Waals surface area contributed by atoms with Gasteiger partial charge >= 0.3 is 0 Å². The van der Waals surface area contributed by atoms with E-state index in [2.05, 4.69) is 16.0 Å². The number of ether oxygens (including phenoxy) is 2. The summed E-state index contributed by atoms with van der Waals surface area (Å²) in [5.41, 5.74) is 15.2. The van der Waals surface area contributed by atoms with E-state index in [-0.39, 0.29) is 46.7 Å². The number of aromatic nitrogens is 2. The number of fused-ring (bicyclic) bond motifs is 2. The highest BCUT2D eigenvalue weighted by Gasteiger charge is 2.38. The summed E-state index contributed by atoms with van der Waals surface area (Å²) in [6, 6.07) is 9.32. The summed E-state index contributed by atoms with van der Waals surface area (Å²) in [4.78, 5) is 26.5. The normalized spacial score (nSPS) is 21.6. The SMILES string of the molecule is CCC1CN(C(=O)[C@@H]2CCc3ccccc3[C@@H]2N)CCN1c1nc(N)c2cc(OC)c(OC)c(F)c2n1. The summed E-state index contributed by atoms with van der Waals surface area (Å²) in [5.74, 6) is -0.145. The lowest BCUT2D eigenvalue weighted by molar-refractivity contribution is -0.137. The van der Waals surface area contributed by atoms with Crippen molar-refractivity contribution in [1.29, 1.82) is 0 Å². The molecule has 196 valence electrons. The number of aryl methyl sites for hydroxylation is 1. The Morgan fingerprint density at radius 2 is 1.97 bits per heavy atom. The van der Waals surface area contributed by atoms with Crippen molar-refractivity contribution >= 4 is 28.6 Å². The first-order valence-electron chi connectivity index (χ1n) is 12.6. The molecule has 0 saturated carbocycles. The molecule has 0 spiro atoms. The zero-order valence-electron chi connectivity index (χ0n) is 21.4. The van der Waals surface area contributed by atoms with E-state index in [0.717, 1.165) is 24.8 Å². The molecule has 2 aromatic carbocycles. The summed E-state index contributed by atoms with van der Waals surface area (Å²) in [5, 5.41) is 0.354. The van der Waals surface area contributed by atoms with Crippen LogP contribution in [0.1, 0.15) is 36.9 Å². The van der Waals surface area contributed by atoms with Gasteiger partial charge in [0.25, 0.3) is 0 Å². The minimum Gasteiger partial charge on any atom is -0.493 e. The van der Waals surface area contributed by atoms with E-state index < -0.39 is 5.82 Å². The van der Waals surface area contributed by atoms with Gasteiger partial charge in [0.1, 0.15) is 11.3 Å². The maximum atomic E-state index is 15.3. The van der Waals surface area contributed by atoms with Crippen LogP contribution in [0.25, 0.3) is 10.9 Å². The minimum absolute atomic E-state index is 0.0353. The number of benzene rings is 2. The number of nitrogens with zero attached hydrogens (tertiary/aromatic N) is 4. The second-order valence-corrected chi connectivity index (χ2v) is 9.64. The standard InChI is InChI=1S/C27H33FN6O3/c1-4-16-14-33(26(35)18-10-9-15-7-5-6-8-17(15)22(18)29)11-12-34(16)27-31-23-19(25(30)32-27)13-20(36-2)24(37-3)21(23)28/h5-8,13,16,18,22H,4,9-12,14,29H2,1-3H3,(H2,30,31,32)/t16?,18-,22+/m1/s1. The maximum Gasteiger partial charge on any atom is 0.228 e. The molecule has 0 bridgehead atoms. The van der Waals surface area contributed by atoms with E-state index in [4.69, 9.17) is 20.9 Å². The van der Waals surface area contributed by atoms with Gasteiger partial charge in [0.05, 0.1) is 20.1 Å². The molecular weight excluding hydrogens is 475 g/mol. The lowest BCUT2D eigenvalue weighted by Gasteiger charge is -2.43. The molecule has 5 rings (SSSR count). The second-order valence-electron chi connectivity index (χ2n) is 9.64. The van der Waals surface area contributed by atoms with Crippen LogP contribution >= 0.6 is 0 Å². The van der Waals surface area contributed by atoms with Crippen LogP contribution in [0, 0.1) is 11.7 Å². The van der Waals surface area contributed by atoms with Crippen LogP contribution in [0.15, 0.2) is 30.3 Å². The fourth-order valence-corrected chi connectivity index (χ4v) is 5.64. The fraction of sp³-hybridized carbons (Fsp3) is 0.444. The van der Waals surface area contributed by atoms with E-state index in [1.165, 1.54) is 19.8 Å². The number of carbonyl (C=O) groups is 1. The van der Waals surface area contributed by atoms with Crippen molar-refractivity contribution in [3.63, 3.8) is 0 Å². The number of hydrogen-bond acceptors (Lipinski definition) is 8. The summed E-state index contributed by atoms with van der Waals surface area (Å²) < 4.78 is 25.7. The molecule has 1 amide bonds. The molecule has 1 aromatic heterocycles. The van der Waals surface area contributed by atoms with Gasteiger partial charge in [0.15, 0.2) is 17.3 Å². The van der Waals surface area contributed by atoms with Gasteiger partial charge in [0.2, 0.25) is 11.9 Å². The van der Waals surface area contributed by atoms with Crippen LogP contribution in [-0.4, -0.2) is 60.7 Å². The van der Waals surface area contributed by atoms with Crippen LogP contribution in [-0.2, 0) is 11.2 Å². The fourth-order valence-electron chi connectivity index (χ4n) is 5.64. The van der Waals surface area contributed by atoms with E-state index in [9.17, 15) is 4.79 Å². The first-order valence-corrected chi connectivity index (χ1v) is 12.6. The monoisotopic (exact) mass is 508 g/mol. The summed E-state index contributed by atoms with van der Waals surface area (Å²) in [7, 11) is 2.80. The highest BCUT2D eigenvalue weighted by atomic mass is 19.1. The molecule has 4 N–H and O–H groups in total. The molecular formula is C27H33FN6O3. The molecule has 3 aromatic rings. The van der Waals surface area contributed by atoms with Gasteiger partial charge in [-0.15, -0.1) is 0 Å². The molecule has 1 unspecified atom stereocenters. The smallest absolute Gasteiger partial charge is 0.228 e. The number of hydrogen-bond donors (Lipinski definition) is 2. The number of anilines is 2. The molecule has 37 heavy (non-hydrogen) atoms. The van der Waals surface area contributed by atoms with E-state index in [1.807, 2.05) is 34.9 Å². The molecule has 0 radical (unpaired) electrons. The third-order valence-electron chi connectivity index (χ3n) is 7.71. The number of nitrogen functional groups attached to an aromatic ring is 1. The van der Waals surface area contributed by atoms with Gasteiger partial charge in [-0.2, -0.15) is 4.98 Å². The Morgan fingerprint density at radius 1 is 1.19 bits per heavy atom. The van der Waals surface area contributed by atoms with Crippen LogP contribution in [0.3, 0.4) is 0 Å². The largest absolute Gasteiger partial charge is 0.493 e.